The van der Waals surface area contributed by atoms with Crippen molar-refractivity contribution in [3.8, 4) is 5.88 Å². The fourth-order valence-electron chi connectivity index (χ4n) is 2.55. The summed E-state index contributed by atoms with van der Waals surface area (Å²) in [5, 5.41) is 12.9. The van der Waals surface area contributed by atoms with Crippen molar-refractivity contribution in [2.75, 3.05) is 25.2 Å². The van der Waals surface area contributed by atoms with E-state index in [4.69, 9.17) is 10.1 Å². The van der Waals surface area contributed by atoms with E-state index in [0.717, 1.165) is 10.4 Å². The zero-order valence-electron chi connectivity index (χ0n) is 14.9. The van der Waals surface area contributed by atoms with Crippen LogP contribution in [0.4, 0.5) is 10.1 Å². The molecule has 148 valence electrons. The van der Waals surface area contributed by atoms with Crippen molar-refractivity contribution in [3.05, 3.63) is 47.7 Å². The van der Waals surface area contributed by atoms with Gasteiger partial charge in [-0.3, -0.25) is 10.2 Å². The first-order valence-electron chi connectivity index (χ1n) is 8.00. The first-order valence-corrected chi connectivity index (χ1v) is 9.60. The third kappa shape index (κ3) is 3.86. The number of anilines is 1. The Morgan fingerprint density at radius 2 is 2.14 bits per heavy atom. The highest BCUT2D eigenvalue weighted by Crippen LogP contribution is 2.26. The van der Waals surface area contributed by atoms with Gasteiger partial charge in [0.25, 0.3) is 5.91 Å². The maximum Gasteiger partial charge on any atom is 0.275 e. The van der Waals surface area contributed by atoms with Gasteiger partial charge in [-0.1, -0.05) is 0 Å². The van der Waals surface area contributed by atoms with E-state index < -0.39 is 33.5 Å². The number of guanidine groups is 1. The van der Waals surface area contributed by atoms with Crippen LogP contribution in [-0.2, 0) is 10.0 Å². The Kier molecular flexibility index (Phi) is 5.14. The van der Waals surface area contributed by atoms with Gasteiger partial charge in [0.15, 0.2) is 0 Å². The maximum atomic E-state index is 14.3. The van der Waals surface area contributed by atoms with Crippen LogP contribution < -0.4 is 15.4 Å². The van der Waals surface area contributed by atoms with Gasteiger partial charge in [0, 0.05) is 18.3 Å². The van der Waals surface area contributed by atoms with Crippen LogP contribution in [0.15, 0.2) is 30.6 Å². The highest BCUT2D eigenvalue weighted by atomic mass is 32.2. The molecule has 1 atom stereocenters. The molecule has 1 amide bonds. The van der Waals surface area contributed by atoms with E-state index >= 15 is 0 Å². The summed E-state index contributed by atoms with van der Waals surface area (Å²) >= 11 is 0. The number of ether oxygens (including phenoxy) is 1. The zero-order chi connectivity index (χ0) is 20.5. The zero-order valence-corrected chi connectivity index (χ0v) is 15.7. The predicted octanol–water partition coefficient (Wildman–Crippen LogP) is 0.717. The van der Waals surface area contributed by atoms with Crippen LogP contribution in [0.5, 0.6) is 5.88 Å². The lowest BCUT2D eigenvalue weighted by atomic mass is 10.1. The Balaban J connectivity index is 1.83. The summed E-state index contributed by atoms with van der Waals surface area (Å²) in [6.07, 6.45) is 2.51. The van der Waals surface area contributed by atoms with Crippen molar-refractivity contribution in [3.63, 3.8) is 0 Å². The van der Waals surface area contributed by atoms with Gasteiger partial charge in [-0.25, -0.2) is 27.1 Å². The molecule has 1 aromatic heterocycles. The molecule has 1 aliphatic rings. The molecule has 12 heteroatoms. The van der Waals surface area contributed by atoms with Gasteiger partial charge in [-0.05, 0) is 18.2 Å². The smallest absolute Gasteiger partial charge is 0.275 e. The highest BCUT2D eigenvalue weighted by molar-refractivity contribution is 7.89. The second kappa shape index (κ2) is 7.38. The van der Waals surface area contributed by atoms with Crippen LogP contribution in [-0.4, -0.2) is 54.5 Å². The number of nitrogens with one attached hydrogen (secondary N) is 3. The number of hydrogen-bond acceptors (Lipinski definition) is 7. The highest BCUT2D eigenvalue weighted by Gasteiger charge is 2.34. The second-order valence-corrected chi connectivity index (χ2v) is 7.97. The van der Waals surface area contributed by atoms with Crippen molar-refractivity contribution >= 4 is 27.6 Å². The Morgan fingerprint density at radius 1 is 1.39 bits per heavy atom. The minimum absolute atomic E-state index is 0.0139. The molecule has 0 radical (unpaired) electrons. The Hall–Kier alpha value is -3.28. The van der Waals surface area contributed by atoms with Gasteiger partial charge in [0.2, 0.25) is 21.9 Å². The summed E-state index contributed by atoms with van der Waals surface area (Å²) in [7, 11) is -1.09. The molecule has 3 N–H and O–H groups in total. The SMILES string of the molecule is COc1cnc(C(=O)Nc2ccc(F)c(C3CS(=O)(=O)N(C)C(=N)N3)c2)cn1. The number of aromatic nitrogens is 2. The van der Waals surface area contributed by atoms with Gasteiger partial charge in [-0.15, -0.1) is 0 Å². The monoisotopic (exact) mass is 408 g/mol. The first kappa shape index (κ1) is 19.5. The minimum atomic E-state index is -3.75. The number of sulfonamides is 1. The van der Waals surface area contributed by atoms with E-state index in [1.165, 1.54) is 38.7 Å². The van der Waals surface area contributed by atoms with Crippen molar-refractivity contribution < 1.29 is 22.3 Å². The number of methoxy groups -OCH3 is 1. The normalized spacial score (nSPS) is 18.3. The van der Waals surface area contributed by atoms with E-state index in [-0.39, 0.29) is 28.8 Å². The fraction of sp³-hybridized carbons (Fsp3) is 0.250. The van der Waals surface area contributed by atoms with Crippen molar-refractivity contribution in [2.24, 2.45) is 0 Å². The topological polar surface area (TPSA) is 137 Å². The Labute approximate surface area is 160 Å². The van der Waals surface area contributed by atoms with Crippen LogP contribution >= 0.6 is 0 Å². The standard InChI is InChI=1S/C16H17FN6O4S/c1-23-16(18)22-13(8-28(23,25)26)10-5-9(3-4-11(10)17)21-15(24)12-6-20-14(27-2)7-19-12/h3-7,13H,8H2,1-2H3,(H2,18,22)(H,21,24). The molecule has 1 aliphatic heterocycles. The maximum absolute atomic E-state index is 14.3. The number of rotatable bonds is 4. The van der Waals surface area contributed by atoms with Crippen LogP contribution in [0.3, 0.4) is 0 Å². The molecule has 1 saturated heterocycles. The summed E-state index contributed by atoms with van der Waals surface area (Å²) in [6.45, 7) is 0. The lowest BCUT2D eigenvalue weighted by Gasteiger charge is -2.32. The van der Waals surface area contributed by atoms with Gasteiger partial charge in [-0.2, -0.15) is 0 Å². The average Bonchev–Trinajstić information content (AvgIpc) is 2.67. The molecule has 0 saturated carbocycles. The van der Waals surface area contributed by atoms with Gasteiger partial charge < -0.3 is 15.4 Å². The number of benzene rings is 1. The molecule has 10 nitrogen and oxygen atoms in total. The number of hydrogen-bond donors (Lipinski definition) is 3. The molecule has 0 aliphatic carbocycles. The van der Waals surface area contributed by atoms with Gasteiger partial charge >= 0.3 is 0 Å². The van der Waals surface area contributed by atoms with Crippen LogP contribution in [0.2, 0.25) is 0 Å². The molecular formula is C16H17FN6O4S. The van der Waals surface area contributed by atoms with E-state index in [1.807, 2.05) is 0 Å². The number of carbonyl (C=O) groups is 1. The van der Waals surface area contributed by atoms with E-state index in [0.29, 0.717) is 0 Å². The van der Waals surface area contributed by atoms with Crippen molar-refractivity contribution in [1.82, 2.24) is 19.6 Å². The van der Waals surface area contributed by atoms with Gasteiger partial charge in [0.1, 0.15) is 11.5 Å². The molecule has 0 spiro atoms. The molecule has 1 unspecified atom stereocenters. The minimum Gasteiger partial charge on any atom is -0.480 e. The number of nitrogens with zero attached hydrogens (tertiary/aromatic N) is 3. The predicted molar refractivity (Wildman–Crippen MR) is 98.1 cm³/mol. The largest absolute Gasteiger partial charge is 0.480 e. The van der Waals surface area contributed by atoms with Crippen molar-refractivity contribution in [2.45, 2.75) is 6.04 Å². The third-order valence-corrected chi connectivity index (χ3v) is 5.89. The molecule has 2 aromatic rings. The first-order chi connectivity index (χ1) is 13.2. The fourth-order valence-corrected chi connectivity index (χ4v) is 3.79. The summed E-state index contributed by atoms with van der Waals surface area (Å²) < 4.78 is 44.2. The van der Waals surface area contributed by atoms with E-state index in [2.05, 4.69) is 20.6 Å². The Morgan fingerprint density at radius 3 is 2.75 bits per heavy atom. The third-order valence-electron chi connectivity index (χ3n) is 4.12. The molecule has 1 aromatic carbocycles. The van der Waals surface area contributed by atoms with Crippen LogP contribution in [0.25, 0.3) is 0 Å². The van der Waals surface area contributed by atoms with Gasteiger partial charge in [0.05, 0.1) is 31.3 Å². The quantitative estimate of drug-likeness (QED) is 0.678. The molecule has 2 heterocycles. The summed E-state index contributed by atoms with van der Waals surface area (Å²) in [5.74, 6) is -1.78. The molecular weight excluding hydrogens is 391 g/mol. The average molecular weight is 408 g/mol. The molecule has 1 fully saturated rings. The lowest BCUT2D eigenvalue weighted by molar-refractivity contribution is 0.102. The summed E-state index contributed by atoms with van der Waals surface area (Å²) in [4.78, 5) is 20.1. The summed E-state index contributed by atoms with van der Waals surface area (Å²) in [5.41, 5.74) is 0.275. The lowest BCUT2D eigenvalue weighted by Crippen LogP contribution is -2.52. The van der Waals surface area contributed by atoms with Crippen LogP contribution in [0, 0.1) is 11.2 Å². The molecule has 3 rings (SSSR count). The van der Waals surface area contributed by atoms with Crippen LogP contribution in [0.1, 0.15) is 22.1 Å². The summed E-state index contributed by atoms with van der Waals surface area (Å²) in [6, 6.07) is 2.80. The number of carbonyl (C=O) groups excluding carboxylic acids is 1. The Bertz CT molecular complexity index is 1030. The van der Waals surface area contributed by atoms with E-state index in [1.54, 1.807) is 0 Å². The van der Waals surface area contributed by atoms with E-state index in [9.17, 15) is 17.6 Å². The molecule has 0 bridgehead atoms. The molecule has 28 heavy (non-hydrogen) atoms. The number of halogens is 1. The van der Waals surface area contributed by atoms with Crippen molar-refractivity contribution in [1.29, 1.82) is 5.41 Å². The second-order valence-electron chi connectivity index (χ2n) is 5.93. The number of amides is 1.